The van der Waals surface area contributed by atoms with Crippen LogP contribution in [-0.2, 0) is 18.3 Å². The van der Waals surface area contributed by atoms with Crippen LogP contribution in [0.3, 0.4) is 0 Å². The van der Waals surface area contributed by atoms with Crippen molar-refractivity contribution in [1.82, 2.24) is 14.9 Å². The fourth-order valence-electron chi connectivity index (χ4n) is 2.56. The molecule has 1 aromatic carbocycles. The number of carbonyl (C=O) groups is 1. The molecule has 0 bridgehead atoms. The number of hydrogen-bond donors (Lipinski definition) is 1. The predicted molar refractivity (Wildman–Crippen MR) is 86.6 cm³/mol. The Balaban J connectivity index is 1.77. The summed E-state index contributed by atoms with van der Waals surface area (Å²) in [7, 11) is 1.84. The van der Waals surface area contributed by atoms with Crippen molar-refractivity contribution in [2.75, 3.05) is 0 Å². The standard InChI is InChI=1S/C18H18FN3O2/c1-22-10-9-20-18(22)17(13-4-2-5-14(19)12-13)21-16(23)8-7-15-6-3-11-24-15/h2-6,9-12,17H,7-8H2,1H3,(H,21,23). The van der Waals surface area contributed by atoms with E-state index in [9.17, 15) is 9.18 Å². The van der Waals surface area contributed by atoms with Crippen molar-refractivity contribution in [1.29, 1.82) is 0 Å². The van der Waals surface area contributed by atoms with E-state index in [4.69, 9.17) is 4.42 Å². The van der Waals surface area contributed by atoms with Crippen molar-refractivity contribution < 1.29 is 13.6 Å². The van der Waals surface area contributed by atoms with Crippen molar-refractivity contribution in [3.8, 4) is 0 Å². The first-order chi connectivity index (χ1) is 11.6. The van der Waals surface area contributed by atoms with E-state index in [-0.39, 0.29) is 18.1 Å². The summed E-state index contributed by atoms with van der Waals surface area (Å²) in [6.07, 6.45) is 5.81. The minimum absolute atomic E-state index is 0.149. The van der Waals surface area contributed by atoms with E-state index in [1.165, 1.54) is 12.1 Å². The minimum Gasteiger partial charge on any atom is -0.469 e. The molecule has 0 aliphatic carbocycles. The highest BCUT2D eigenvalue weighted by molar-refractivity contribution is 5.77. The van der Waals surface area contributed by atoms with Gasteiger partial charge in [0, 0.05) is 32.3 Å². The van der Waals surface area contributed by atoms with Gasteiger partial charge in [-0.05, 0) is 29.8 Å². The van der Waals surface area contributed by atoms with Gasteiger partial charge in [-0.2, -0.15) is 0 Å². The van der Waals surface area contributed by atoms with Crippen LogP contribution >= 0.6 is 0 Å². The van der Waals surface area contributed by atoms with Gasteiger partial charge in [-0.1, -0.05) is 12.1 Å². The maximum atomic E-state index is 13.6. The fourth-order valence-corrected chi connectivity index (χ4v) is 2.56. The van der Waals surface area contributed by atoms with E-state index in [1.54, 1.807) is 36.9 Å². The van der Waals surface area contributed by atoms with Crippen LogP contribution in [0.15, 0.2) is 59.5 Å². The molecule has 0 aliphatic heterocycles. The molecule has 5 nitrogen and oxygen atoms in total. The quantitative estimate of drug-likeness (QED) is 0.757. The molecular formula is C18H18FN3O2. The SMILES string of the molecule is Cn1ccnc1C(NC(=O)CCc1ccco1)c1cccc(F)c1. The normalized spacial score (nSPS) is 12.1. The molecule has 6 heteroatoms. The van der Waals surface area contributed by atoms with Crippen molar-refractivity contribution in [2.24, 2.45) is 7.05 Å². The molecule has 1 N–H and O–H groups in total. The van der Waals surface area contributed by atoms with Crippen LogP contribution in [0.4, 0.5) is 4.39 Å². The van der Waals surface area contributed by atoms with Crippen molar-refractivity contribution in [2.45, 2.75) is 18.9 Å². The highest BCUT2D eigenvalue weighted by Crippen LogP contribution is 2.21. The zero-order valence-electron chi connectivity index (χ0n) is 13.3. The van der Waals surface area contributed by atoms with E-state index >= 15 is 0 Å². The van der Waals surface area contributed by atoms with Gasteiger partial charge in [0.15, 0.2) is 0 Å². The number of nitrogens with one attached hydrogen (secondary N) is 1. The molecule has 0 radical (unpaired) electrons. The summed E-state index contributed by atoms with van der Waals surface area (Å²) in [6.45, 7) is 0. The van der Waals surface area contributed by atoms with Gasteiger partial charge in [0.25, 0.3) is 0 Å². The fraction of sp³-hybridized carbons (Fsp3) is 0.222. The number of nitrogens with zero attached hydrogens (tertiary/aromatic N) is 2. The Morgan fingerprint density at radius 3 is 2.92 bits per heavy atom. The molecule has 124 valence electrons. The van der Waals surface area contributed by atoms with Gasteiger partial charge in [-0.3, -0.25) is 4.79 Å². The van der Waals surface area contributed by atoms with Gasteiger partial charge in [0.05, 0.1) is 6.26 Å². The second kappa shape index (κ2) is 7.12. The van der Waals surface area contributed by atoms with Gasteiger partial charge >= 0.3 is 0 Å². The summed E-state index contributed by atoms with van der Waals surface area (Å²) in [5.41, 5.74) is 0.649. The summed E-state index contributed by atoms with van der Waals surface area (Å²) in [4.78, 5) is 16.6. The lowest BCUT2D eigenvalue weighted by Gasteiger charge is -2.19. The molecular weight excluding hydrogens is 309 g/mol. The van der Waals surface area contributed by atoms with Crippen LogP contribution in [0.1, 0.15) is 29.6 Å². The van der Waals surface area contributed by atoms with Crippen LogP contribution in [0.2, 0.25) is 0 Å². The van der Waals surface area contributed by atoms with Crippen LogP contribution in [0, 0.1) is 5.82 Å². The van der Waals surface area contributed by atoms with E-state index in [1.807, 2.05) is 17.7 Å². The molecule has 2 heterocycles. The van der Waals surface area contributed by atoms with E-state index in [0.29, 0.717) is 17.8 Å². The summed E-state index contributed by atoms with van der Waals surface area (Å²) < 4.78 is 20.6. The summed E-state index contributed by atoms with van der Waals surface area (Å²) in [6, 6.07) is 9.28. The molecule has 0 saturated carbocycles. The largest absolute Gasteiger partial charge is 0.469 e. The predicted octanol–water partition coefficient (Wildman–Crippen LogP) is 2.99. The Morgan fingerprint density at radius 1 is 1.38 bits per heavy atom. The molecule has 0 spiro atoms. The lowest BCUT2D eigenvalue weighted by molar-refractivity contribution is -0.121. The average molecular weight is 327 g/mol. The second-order valence-corrected chi connectivity index (χ2v) is 5.53. The number of aromatic nitrogens is 2. The summed E-state index contributed by atoms with van der Waals surface area (Å²) in [5, 5.41) is 2.94. The third kappa shape index (κ3) is 3.71. The van der Waals surface area contributed by atoms with Crippen LogP contribution in [0.25, 0.3) is 0 Å². The second-order valence-electron chi connectivity index (χ2n) is 5.53. The number of aryl methyl sites for hydroxylation is 2. The van der Waals surface area contributed by atoms with E-state index in [2.05, 4.69) is 10.3 Å². The van der Waals surface area contributed by atoms with Gasteiger partial charge < -0.3 is 14.3 Å². The molecule has 1 unspecified atom stereocenters. The zero-order chi connectivity index (χ0) is 16.9. The van der Waals surface area contributed by atoms with Crippen molar-refractivity contribution in [3.05, 3.63) is 78.0 Å². The van der Waals surface area contributed by atoms with Gasteiger partial charge in [-0.25, -0.2) is 9.37 Å². The van der Waals surface area contributed by atoms with E-state index in [0.717, 1.165) is 5.76 Å². The third-order valence-electron chi connectivity index (χ3n) is 3.78. The molecule has 3 aromatic rings. The van der Waals surface area contributed by atoms with Crippen molar-refractivity contribution >= 4 is 5.91 Å². The topological polar surface area (TPSA) is 60.1 Å². The lowest BCUT2D eigenvalue weighted by Crippen LogP contribution is -2.31. The van der Waals surface area contributed by atoms with Crippen LogP contribution in [-0.4, -0.2) is 15.5 Å². The van der Waals surface area contributed by atoms with Crippen molar-refractivity contribution in [3.63, 3.8) is 0 Å². The number of halogens is 1. The Morgan fingerprint density at radius 2 is 2.25 bits per heavy atom. The molecule has 0 fully saturated rings. The monoisotopic (exact) mass is 327 g/mol. The maximum Gasteiger partial charge on any atom is 0.221 e. The summed E-state index contributed by atoms with van der Waals surface area (Å²) >= 11 is 0. The van der Waals surface area contributed by atoms with Crippen LogP contribution in [0.5, 0.6) is 0 Å². The van der Waals surface area contributed by atoms with Gasteiger partial charge in [-0.15, -0.1) is 0 Å². The Bertz CT molecular complexity index is 811. The number of benzene rings is 1. The summed E-state index contributed by atoms with van der Waals surface area (Å²) in [5.74, 6) is 0.900. The highest BCUT2D eigenvalue weighted by Gasteiger charge is 2.21. The Kier molecular flexibility index (Phi) is 4.74. The average Bonchev–Trinajstić information content (AvgIpc) is 3.22. The Labute approximate surface area is 139 Å². The molecule has 24 heavy (non-hydrogen) atoms. The molecule has 3 rings (SSSR count). The first-order valence-electron chi connectivity index (χ1n) is 7.68. The smallest absolute Gasteiger partial charge is 0.221 e. The van der Waals surface area contributed by atoms with Crippen LogP contribution < -0.4 is 5.32 Å². The molecule has 0 aliphatic rings. The lowest BCUT2D eigenvalue weighted by atomic mass is 10.1. The first-order valence-corrected chi connectivity index (χ1v) is 7.68. The minimum atomic E-state index is -0.509. The van der Waals surface area contributed by atoms with Gasteiger partial charge in [0.1, 0.15) is 23.4 Å². The first kappa shape index (κ1) is 16.0. The number of hydrogen-bond acceptors (Lipinski definition) is 3. The van der Waals surface area contributed by atoms with E-state index < -0.39 is 6.04 Å². The number of imidazole rings is 1. The third-order valence-corrected chi connectivity index (χ3v) is 3.78. The van der Waals surface area contributed by atoms with Gasteiger partial charge in [0.2, 0.25) is 5.91 Å². The maximum absolute atomic E-state index is 13.6. The molecule has 2 aromatic heterocycles. The number of rotatable bonds is 6. The molecule has 1 amide bonds. The Hall–Kier alpha value is -2.89. The number of amides is 1. The number of furan rings is 1. The highest BCUT2D eigenvalue weighted by atomic mass is 19.1. The number of carbonyl (C=O) groups excluding carboxylic acids is 1. The molecule has 1 atom stereocenters. The molecule has 0 saturated heterocycles. The zero-order valence-corrected chi connectivity index (χ0v) is 13.3.